The van der Waals surface area contributed by atoms with E-state index in [4.69, 9.17) is 46.9 Å². The molecule has 10 atom stereocenters. The number of carbonyl (C=O) groups is 2. The van der Waals surface area contributed by atoms with Crippen molar-refractivity contribution in [2.24, 2.45) is 9.98 Å². The molecule has 5 aliphatic heterocycles. The van der Waals surface area contributed by atoms with E-state index < -0.39 is 66.0 Å². The Labute approximate surface area is 244 Å². The predicted molar refractivity (Wildman–Crippen MR) is 147 cm³/mol. The van der Waals surface area contributed by atoms with Crippen LogP contribution in [0, 0.1) is 0 Å². The molecule has 0 bridgehead atoms. The number of amides is 1. The summed E-state index contributed by atoms with van der Waals surface area (Å²) in [6.07, 6.45) is -5.25. The number of ether oxygens (including phenoxy) is 5. The van der Waals surface area contributed by atoms with Gasteiger partial charge in [0.15, 0.2) is 22.5 Å². The molecule has 0 aliphatic carbocycles. The van der Waals surface area contributed by atoms with Crippen molar-refractivity contribution in [3.05, 3.63) is 0 Å². The third-order valence-corrected chi connectivity index (χ3v) is 9.22. The largest absolute Gasteiger partial charge is 0.509 e. The average molecular weight is 632 g/mol. The number of aliphatic hydroxyl groups excluding tert-OH is 2. The number of rotatable bonds is 2. The fourth-order valence-corrected chi connectivity index (χ4v) is 7.11. The molecule has 3 N–H and O–H groups in total. The molecule has 0 aromatic carbocycles. The molecule has 5 aliphatic rings. The topological polar surface area (TPSA) is 161 Å². The average Bonchev–Trinajstić information content (AvgIpc) is 3.60. The Morgan fingerprint density at radius 1 is 1.10 bits per heavy atom. The van der Waals surface area contributed by atoms with Crippen molar-refractivity contribution >= 4 is 69.3 Å². The van der Waals surface area contributed by atoms with Gasteiger partial charge in [-0.05, 0) is 20.8 Å². The van der Waals surface area contributed by atoms with Gasteiger partial charge in [0.2, 0.25) is 0 Å². The first-order chi connectivity index (χ1) is 18.4. The molecule has 5 heterocycles. The first kappa shape index (κ1) is 30.8. The number of hydrogen-bond donors (Lipinski definition) is 3. The molecular formula is C22H32Cl2N4O9S2. The summed E-state index contributed by atoms with van der Waals surface area (Å²) in [5.41, 5.74) is -1.24. The Balaban J connectivity index is 0.000000202. The molecule has 0 unspecified atom stereocenters. The van der Waals surface area contributed by atoms with Crippen molar-refractivity contribution in [3.63, 3.8) is 0 Å². The highest BCUT2D eigenvalue weighted by Gasteiger charge is 2.57. The molecule has 0 aromatic rings. The van der Waals surface area contributed by atoms with E-state index in [0.29, 0.717) is 10.3 Å². The van der Waals surface area contributed by atoms with Crippen LogP contribution >= 0.6 is 46.7 Å². The second-order valence-electron chi connectivity index (χ2n) is 10.2. The van der Waals surface area contributed by atoms with Crippen molar-refractivity contribution in [1.82, 2.24) is 10.2 Å². The number of nitrogens with zero attached hydrogens (tertiary/aromatic N) is 3. The van der Waals surface area contributed by atoms with Crippen molar-refractivity contribution in [1.29, 1.82) is 0 Å². The van der Waals surface area contributed by atoms with Gasteiger partial charge in [0, 0.05) is 14.1 Å². The van der Waals surface area contributed by atoms with Gasteiger partial charge in [-0.15, -0.1) is 23.2 Å². The molecule has 0 radical (unpaired) electrons. The Kier molecular flexibility index (Phi) is 9.74. The molecule has 4 fully saturated rings. The van der Waals surface area contributed by atoms with E-state index in [1.807, 2.05) is 0 Å². The van der Waals surface area contributed by atoms with E-state index >= 15 is 0 Å². The lowest BCUT2D eigenvalue weighted by Crippen LogP contribution is -2.59. The fraction of sp³-hybridized carbons (Fsp3) is 0.818. The highest BCUT2D eigenvalue weighted by atomic mass is 35.5. The predicted octanol–water partition coefficient (Wildman–Crippen LogP) is 1.56. The van der Waals surface area contributed by atoms with Gasteiger partial charge in [-0.3, -0.25) is 14.9 Å². The second-order valence-corrected chi connectivity index (χ2v) is 12.9. The summed E-state index contributed by atoms with van der Waals surface area (Å²) in [6.45, 7) is 5.36. The van der Waals surface area contributed by atoms with Crippen LogP contribution in [-0.2, 0) is 23.7 Å². The minimum absolute atomic E-state index is 0.166. The number of alkyl halides is 2. The van der Waals surface area contributed by atoms with Gasteiger partial charge in [0.05, 0.1) is 17.8 Å². The van der Waals surface area contributed by atoms with E-state index in [1.165, 1.54) is 28.4 Å². The van der Waals surface area contributed by atoms with Crippen LogP contribution in [0.5, 0.6) is 0 Å². The van der Waals surface area contributed by atoms with E-state index in [2.05, 4.69) is 15.3 Å². The Bertz CT molecular complexity index is 1000. The molecule has 39 heavy (non-hydrogen) atoms. The third-order valence-electron chi connectivity index (χ3n) is 6.24. The van der Waals surface area contributed by atoms with Gasteiger partial charge in [-0.2, -0.15) is 0 Å². The van der Waals surface area contributed by atoms with Crippen LogP contribution in [0.1, 0.15) is 20.8 Å². The monoisotopic (exact) mass is 630 g/mol. The van der Waals surface area contributed by atoms with Crippen LogP contribution in [-0.4, -0.2) is 129 Å². The van der Waals surface area contributed by atoms with Crippen molar-refractivity contribution in [2.75, 3.05) is 25.9 Å². The van der Waals surface area contributed by atoms with Crippen LogP contribution in [0.2, 0.25) is 0 Å². The minimum Gasteiger partial charge on any atom is -0.443 e. The quantitative estimate of drug-likeness (QED) is 0.299. The molecule has 0 spiro atoms. The summed E-state index contributed by atoms with van der Waals surface area (Å²) in [7, 11) is 3.24. The Morgan fingerprint density at radius 3 is 2.36 bits per heavy atom. The number of aliphatic hydroxyl groups is 2. The van der Waals surface area contributed by atoms with Crippen molar-refractivity contribution in [2.45, 2.75) is 86.0 Å². The number of hydrogen-bond acceptors (Lipinski definition) is 13. The number of thioether (sulfide) groups is 2. The maximum Gasteiger partial charge on any atom is 0.509 e. The van der Waals surface area contributed by atoms with Gasteiger partial charge >= 0.3 is 12.2 Å². The van der Waals surface area contributed by atoms with Gasteiger partial charge in [-0.1, -0.05) is 23.5 Å². The Morgan fingerprint density at radius 2 is 1.74 bits per heavy atom. The van der Waals surface area contributed by atoms with Gasteiger partial charge in [0.1, 0.15) is 46.9 Å². The molecule has 1 amide bonds. The summed E-state index contributed by atoms with van der Waals surface area (Å²) in [4.78, 5) is 33.4. The molecule has 0 saturated carbocycles. The standard InChI is InChI=1S/C14H19ClN2O6S.C8H13ClN2O3S/c1-14(2,3)23-12(18)17(4)11-16-7-9-8(21-13(19)22-9)6(5-15)20-10(7)24-11;1-10-8-11-4-6(13)5(12)3(2-9)14-7(4)15-8/h6-10H,5H2,1-4H3;3-7,12-13H,2H2,1H3,(H,10,11)/t6-,7-,8-,9-,10-;3-,4-,5-,6-,7-/m11/s1. The smallest absolute Gasteiger partial charge is 0.443 e. The number of carbonyl (C=O) groups excluding carboxylic acids is 2. The summed E-state index contributed by atoms with van der Waals surface area (Å²) in [5.74, 6) is 0.333. The van der Waals surface area contributed by atoms with E-state index in [-0.39, 0.29) is 23.2 Å². The Hall–Kier alpha value is -1.20. The normalized spacial score (nSPS) is 39.7. The maximum atomic E-state index is 12.2. The third kappa shape index (κ3) is 6.66. The van der Waals surface area contributed by atoms with Gasteiger partial charge < -0.3 is 39.2 Å². The summed E-state index contributed by atoms with van der Waals surface area (Å²) >= 11 is 14.2. The number of nitrogens with one attached hydrogen (secondary N) is 1. The van der Waals surface area contributed by atoms with Crippen LogP contribution in [0.4, 0.5) is 9.59 Å². The second kappa shape index (κ2) is 12.3. The lowest BCUT2D eigenvalue weighted by atomic mass is 9.99. The zero-order valence-electron chi connectivity index (χ0n) is 21.9. The van der Waals surface area contributed by atoms with Crippen molar-refractivity contribution in [3.8, 4) is 0 Å². The van der Waals surface area contributed by atoms with Crippen LogP contribution in [0.25, 0.3) is 0 Å². The highest BCUT2D eigenvalue weighted by molar-refractivity contribution is 8.14. The summed E-state index contributed by atoms with van der Waals surface area (Å²) in [6, 6.07) is -0.769. The number of halogens is 2. The SMILES string of the molecule is CN(C(=O)OC(C)(C)C)C1=N[C@@H]2[C@H]3OC(=O)O[C@@H]3[C@@H](CCl)O[C@@H]2S1.CN=C1N[C@@H]2[C@@H](O)[C@H](O)[C@@H](CCl)O[C@@H]2S1. The first-order valence-corrected chi connectivity index (χ1v) is 15.0. The molecule has 13 nitrogen and oxygen atoms in total. The number of amidine groups is 2. The highest BCUT2D eigenvalue weighted by Crippen LogP contribution is 2.42. The van der Waals surface area contributed by atoms with Crippen molar-refractivity contribution < 1.29 is 43.5 Å². The van der Waals surface area contributed by atoms with E-state index in [1.54, 1.807) is 34.9 Å². The minimum atomic E-state index is -0.951. The van der Waals surface area contributed by atoms with E-state index in [9.17, 15) is 19.8 Å². The first-order valence-electron chi connectivity index (χ1n) is 12.1. The van der Waals surface area contributed by atoms with E-state index in [0.717, 1.165) is 0 Å². The molecule has 17 heteroatoms. The molecule has 220 valence electrons. The van der Waals surface area contributed by atoms with Gasteiger partial charge in [0.25, 0.3) is 0 Å². The molecule has 4 saturated heterocycles. The zero-order chi connectivity index (χ0) is 28.6. The number of aliphatic imine (C=N–C) groups is 2. The molecule has 5 rings (SSSR count). The zero-order valence-corrected chi connectivity index (χ0v) is 25.0. The molecule has 0 aromatic heterocycles. The van der Waals surface area contributed by atoms with Crippen LogP contribution < -0.4 is 5.32 Å². The molecular weight excluding hydrogens is 599 g/mol. The summed E-state index contributed by atoms with van der Waals surface area (Å²) in [5, 5.41) is 23.7. The fourth-order valence-electron chi connectivity index (χ4n) is 4.33. The maximum absolute atomic E-state index is 12.2. The summed E-state index contributed by atoms with van der Waals surface area (Å²) < 4.78 is 27.1. The lowest BCUT2D eigenvalue weighted by Gasteiger charge is -2.38. The van der Waals surface area contributed by atoms with Crippen LogP contribution in [0.15, 0.2) is 9.98 Å². The van der Waals surface area contributed by atoms with Crippen LogP contribution in [0.3, 0.4) is 0 Å². The van der Waals surface area contributed by atoms with Gasteiger partial charge in [-0.25, -0.2) is 9.59 Å². The number of fused-ring (bicyclic) bond motifs is 4. The lowest BCUT2D eigenvalue weighted by molar-refractivity contribution is -0.147.